The first-order valence-corrected chi connectivity index (χ1v) is 19.3. The van der Waals surface area contributed by atoms with Gasteiger partial charge in [0.1, 0.15) is 5.82 Å². The highest BCUT2D eigenvalue weighted by Crippen LogP contribution is 2.39. The largest absolute Gasteiger partial charge is 0.414 e. The van der Waals surface area contributed by atoms with Gasteiger partial charge in [-0.3, -0.25) is 0 Å². The average molecular weight is 532 g/mol. The summed E-state index contributed by atoms with van der Waals surface area (Å²) in [5.74, 6) is -0.271. The number of hydrogen-bond acceptors (Lipinski definition) is 3. The lowest BCUT2D eigenvalue weighted by Crippen LogP contribution is -2.56. The molecule has 0 heterocycles. The molecule has 0 aromatic heterocycles. The summed E-state index contributed by atoms with van der Waals surface area (Å²) >= 11 is 0. The second-order valence-electron chi connectivity index (χ2n) is 13.4. The van der Waals surface area contributed by atoms with Gasteiger partial charge in [0, 0.05) is 0 Å². The molecule has 0 unspecified atom stereocenters. The fraction of sp³-hybridized carbons (Fsp3) is 0.769. The number of hydrogen-bond donors (Lipinski definition) is 1. The van der Waals surface area contributed by atoms with Crippen molar-refractivity contribution in [2.24, 2.45) is 0 Å². The highest BCUT2D eigenvalue weighted by atomic mass is 32.2. The highest BCUT2D eigenvalue weighted by molar-refractivity contribution is 7.84. The van der Waals surface area contributed by atoms with E-state index >= 15 is 0 Å². The first-order valence-electron chi connectivity index (χ1n) is 12.3. The Hall–Kier alpha value is -0.386. The van der Waals surface area contributed by atoms with Gasteiger partial charge in [-0.2, -0.15) is 0 Å². The van der Waals surface area contributed by atoms with Gasteiger partial charge in [0.2, 0.25) is 0 Å². The molecule has 1 aromatic rings. The van der Waals surface area contributed by atoms with E-state index in [9.17, 15) is 8.60 Å². The van der Waals surface area contributed by atoms with Crippen LogP contribution in [0.15, 0.2) is 24.3 Å². The Labute approximate surface area is 213 Å². The van der Waals surface area contributed by atoms with Gasteiger partial charge in [0.05, 0.1) is 34.5 Å². The van der Waals surface area contributed by atoms with Crippen LogP contribution in [0.3, 0.4) is 0 Å². The molecule has 198 valence electrons. The van der Waals surface area contributed by atoms with Crippen LogP contribution in [0.4, 0.5) is 4.39 Å². The predicted octanol–water partition coefficient (Wildman–Crippen LogP) is 7.20. The molecule has 1 aromatic carbocycles. The van der Waals surface area contributed by atoms with Gasteiger partial charge in [-0.1, -0.05) is 53.7 Å². The molecule has 0 amide bonds. The third-order valence-corrected chi connectivity index (χ3v) is 17.9. The molecule has 0 radical (unpaired) electrons. The van der Waals surface area contributed by atoms with Crippen LogP contribution in [0.2, 0.25) is 36.3 Å². The van der Waals surface area contributed by atoms with Gasteiger partial charge in [-0.05, 0) is 81.2 Å². The van der Waals surface area contributed by atoms with E-state index in [1.165, 1.54) is 6.07 Å². The molecule has 34 heavy (non-hydrogen) atoms. The normalized spacial score (nSPS) is 16.9. The SMILES string of the molecule is CC(C)(C)[S@](=O)N[C@@H](Cc1cccc(F)c1)[C@@H](CO[Si](C)(C)C(C)(C)C)O[Si](C)(C)C(C)(C)C. The highest BCUT2D eigenvalue weighted by Gasteiger charge is 2.43. The fourth-order valence-electron chi connectivity index (χ4n) is 2.78. The number of nitrogens with one attached hydrogen (secondary N) is 1. The smallest absolute Gasteiger partial charge is 0.192 e. The van der Waals surface area contributed by atoms with Gasteiger partial charge in [-0.15, -0.1) is 0 Å². The van der Waals surface area contributed by atoms with Crippen LogP contribution in [0.1, 0.15) is 67.9 Å². The quantitative estimate of drug-likeness (QED) is 0.325. The molecule has 0 aliphatic heterocycles. The minimum atomic E-state index is -2.18. The van der Waals surface area contributed by atoms with Gasteiger partial charge >= 0.3 is 0 Å². The first kappa shape index (κ1) is 31.6. The molecular weight excluding hydrogens is 482 g/mol. The fourth-order valence-corrected chi connectivity index (χ4v) is 6.00. The Morgan fingerprint density at radius 1 is 0.941 bits per heavy atom. The summed E-state index contributed by atoms with van der Waals surface area (Å²) in [7, 11) is -5.53. The van der Waals surface area contributed by atoms with Crippen molar-refractivity contribution in [2.45, 2.75) is 122 Å². The van der Waals surface area contributed by atoms with Crippen molar-refractivity contribution >= 4 is 27.6 Å². The number of rotatable bonds is 10. The lowest BCUT2D eigenvalue weighted by Gasteiger charge is -2.44. The Kier molecular flexibility index (Phi) is 10.6. The van der Waals surface area contributed by atoms with Gasteiger partial charge in [0.15, 0.2) is 16.6 Å². The van der Waals surface area contributed by atoms with Crippen LogP contribution in [-0.4, -0.2) is 44.3 Å². The third kappa shape index (κ3) is 9.24. The minimum absolute atomic E-state index is 0.00874. The van der Waals surface area contributed by atoms with Crippen molar-refractivity contribution in [3.63, 3.8) is 0 Å². The van der Waals surface area contributed by atoms with E-state index in [0.29, 0.717) is 13.0 Å². The van der Waals surface area contributed by atoms with Crippen molar-refractivity contribution < 1.29 is 17.5 Å². The average Bonchev–Trinajstić information content (AvgIpc) is 2.62. The second kappa shape index (κ2) is 11.3. The second-order valence-corrected chi connectivity index (χ2v) is 25.0. The van der Waals surface area contributed by atoms with E-state index in [1.807, 2.05) is 26.8 Å². The van der Waals surface area contributed by atoms with Gasteiger partial charge < -0.3 is 8.85 Å². The maximum absolute atomic E-state index is 14.0. The standard InChI is InChI=1S/C26H50FNO3SSi2/c1-24(2,3)32(29)28-22(18-20-15-14-16-21(27)17-20)23(31-34(12,13)26(7,8)9)19-30-33(10,11)25(4,5)6/h14-17,22-23,28H,18-19H2,1-13H3/t22-,23+,32-/m0/s1. The lowest BCUT2D eigenvalue weighted by molar-refractivity contribution is 0.0823. The molecule has 0 bridgehead atoms. The molecule has 4 nitrogen and oxygen atoms in total. The Bertz CT molecular complexity index is 827. The molecule has 0 saturated heterocycles. The molecular formula is C26H50FNO3SSi2. The molecule has 0 spiro atoms. The predicted molar refractivity (Wildman–Crippen MR) is 150 cm³/mol. The molecule has 0 fully saturated rings. The van der Waals surface area contributed by atoms with E-state index in [1.54, 1.807) is 12.1 Å². The van der Waals surface area contributed by atoms with Crippen LogP contribution >= 0.6 is 0 Å². The van der Waals surface area contributed by atoms with Crippen LogP contribution in [-0.2, 0) is 26.3 Å². The van der Waals surface area contributed by atoms with Crippen LogP contribution < -0.4 is 4.72 Å². The summed E-state index contributed by atoms with van der Waals surface area (Å²) in [5.41, 5.74) is 0.847. The summed E-state index contributed by atoms with van der Waals surface area (Å²) < 4.78 is 43.7. The zero-order valence-corrected chi connectivity index (χ0v) is 26.7. The van der Waals surface area contributed by atoms with Crippen molar-refractivity contribution in [1.29, 1.82) is 0 Å². The molecule has 0 aliphatic rings. The molecule has 8 heteroatoms. The molecule has 0 aliphatic carbocycles. The van der Waals surface area contributed by atoms with Crippen molar-refractivity contribution in [2.75, 3.05) is 6.61 Å². The topological polar surface area (TPSA) is 47.6 Å². The number of halogens is 1. The maximum atomic E-state index is 14.0. The Morgan fingerprint density at radius 2 is 1.47 bits per heavy atom. The zero-order valence-electron chi connectivity index (χ0n) is 23.9. The van der Waals surface area contributed by atoms with Crippen molar-refractivity contribution in [3.8, 4) is 0 Å². The van der Waals surface area contributed by atoms with Crippen LogP contribution in [0.5, 0.6) is 0 Å². The van der Waals surface area contributed by atoms with E-state index in [0.717, 1.165) is 5.56 Å². The number of benzene rings is 1. The van der Waals surface area contributed by atoms with Gasteiger partial charge in [-0.25, -0.2) is 13.3 Å². The maximum Gasteiger partial charge on any atom is 0.192 e. The summed E-state index contributed by atoms with van der Waals surface area (Å²) in [6.45, 7) is 28.5. The van der Waals surface area contributed by atoms with Gasteiger partial charge in [0.25, 0.3) is 0 Å². The monoisotopic (exact) mass is 531 g/mol. The van der Waals surface area contributed by atoms with E-state index in [2.05, 4.69) is 72.5 Å². The minimum Gasteiger partial charge on any atom is -0.414 e. The zero-order chi connectivity index (χ0) is 26.8. The third-order valence-electron chi connectivity index (χ3n) is 7.27. The van der Waals surface area contributed by atoms with Crippen molar-refractivity contribution in [1.82, 2.24) is 4.72 Å². The van der Waals surface area contributed by atoms with E-state index < -0.39 is 32.4 Å². The Balaban J connectivity index is 3.43. The molecule has 1 rings (SSSR count). The summed E-state index contributed by atoms with van der Waals surface area (Å²) in [4.78, 5) is 0. The van der Waals surface area contributed by atoms with Crippen molar-refractivity contribution in [3.05, 3.63) is 35.6 Å². The molecule has 0 saturated carbocycles. The molecule has 1 N–H and O–H groups in total. The summed E-state index contributed by atoms with van der Waals surface area (Å²) in [6.07, 6.45) is 0.185. The first-order chi connectivity index (χ1) is 15.1. The van der Waals surface area contributed by atoms with E-state index in [-0.39, 0.29) is 28.0 Å². The summed E-state index contributed by atoms with van der Waals surface area (Å²) in [6, 6.07) is 6.34. The molecule has 3 atom stereocenters. The summed E-state index contributed by atoms with van der Waals surface area (Å²) in [5, 5.41) is 0.0725. The Morgan fingerprint density at radius 3 is 1.91 bits per heavy atom. The van der Waals surface area contributed by atoms with E-state index in [4.69, 9.17) is 8.85 Å². The lowest BCUT2D eigenvalue weighted by atomic mass is 10.0. The van der Waals surface area contributed by atoms with Crippen LogP contribution in [0, 0.1) is 5.82 Å². The van der Waals surface area contributed by atoms with Crippen LogP contribution in [0.25, 0.3) is 0 Å².